The number of carbonyl (C=O) groups excluding carboxylic acids is 2. The monoisotopic (exact) mass is 603 g/mol. The van der Waals surface area contributed by atoms with Crippen LogP contribution >= 0.6 is 23.2 Å². The number of rotatable bonds is 13. The summed E-state index contributed by atoms with van der Waals surface area (Å²) in [6.07, 6.45) is 3.00. The van der Waals surface area contributed by atoms with Gasteiger partial charge < -0.3 is 10.2 Å². The predicted molar refractivity (Wildman–Crippen MR) is 162 cm³/mol. The number of halogens is 2. The molecule has 1 N–H and O–H groups in total. The number of sulfonamides is 1. The second-order valence-corrected chi connectivity index (χ2v) is 12.4. The zero-order chi connectivity index (χ0) is 29.3. The van der Waals surface area contributed by atoms with Gasteiger partial charge in [0.25, 0.3) is 0 Å². The van der Waals surface area contributed by atoms with Gasteiger partial charge in [-0.3, -0.25) is 13.9 Å². The number of anilines is 1. The van der Waals surface area contributed by atoms with Crippen molar-refractivity contribution in [2.24, 2.45) is 0 Å². The SMILES string of the molecule is CCCCNC(=O)C(Cc1ccccc1)N(Cc1ccc(Cl)cc1)C(=O)CN(c1cccc(Cl)c1C)S(C)(=O)=O. The minimum atomic E-state index is -3.88. The molecule has 0 radical (unpaired) electrons. The summed E-state index contributed by atoms with van der Waals surface area (Å²) >= 11 is 12.4. The van der Waals surface area contributed by atoms with Crippen LogP contribution in [0.15, 0.2) is 72.8 Å². The molecule has 214 valence electrons. The van der Waals surface area contributed by atoms with Crippen LogP contribution in [0.25, 0.3) is 0 Å². The largest absolute Gasteiger partial charge is 0.354 e. The summed E-state index contributed by atoms with van der Waals surface area (Å²) in [5.41, 5.74) is 2.46. The Morgan fingerprint density at radius 3 is 2.23 bits per heavy atom. The maximum Gasteiger partial charge on any atom is 0.244 e. The molecule has 0 aliphatic carbocycles. The molecule has 3 aromatic carbocycles. The van der Waals surface area contributed by atoms with Crippen molar-refractivity contribution < 1.29 is 18.0 Å². The third kappa shape index (κ3) is 8.71. The van der Waals surface area contributed by atoms with E-state index in [0.29, 0.717) is 27.8 Å². The molecule has 7 nitrogen and oxygen atoms in total. The lowest BCUT2D eigenvalue weighted by atomic mass is 10.0. The lowest BCUT2D eigenvalue weighted by Gasteiger charge is -2.34. The molecule has 0 saturated carbocycles. The second-order valence-electron chi connectivity index (χ2n) is 9.65. The van der Waals surface area contributed by atoms with Gasteiger partial charge in [-0.05, 0) is 54.3 Å². The molecule has 10 heteroatoms. The third-order valence-corrected chi connectivity index (χ3v) is 8.34. The molecule has 3 aromatic rings. The number of nitrogens with zero attached hydrogens (tertiary/aromatic N) is 2. The van der Waals surface area contributed by atoms with E-state index in [1.54, 1.807) is 49.4 Å². The van der Waals surface area contributed by atoms with E-state index in [4.69, 9.17) is 23.2 Å². The average Bonchev–Trinajstić information content (AvgIpc) is 2.92. The first-order chi connectivity index (χ1) is 19.0. The Labute approximate surface area is 247 Å². The lowest BCUT2D eigenvalue weighted by molar-refractivity contribution is -0.140. The fraction of sp³-hybridized carbons (Fsp3) is 0.333. The van der Waals surface area contributed by atoms with Gasteiger partial charge in [0.2, 0.25) is 21.8 Å². The topological polar surface area (TPSA) is 86.8 Å². The van der Waals surface area contributed by atoms with E-state index in [2.05, 4.69) is 5.32 Å². The number of unbranched alkanes of at least 4 members (excludes halogenated alkanes) is 1. The van der Waals surface area contributed by atoms with Crippen molar-refractivity contribution in [3.05, 3.63) is 99.5 Å². The lowest BCUT2D eigenvalue weighted by Crippen LogP contribution is -2.53. The van der Waals surface area contributed by atoms with Crippen molar-refractivity contribution in [1.29, 1.82) is 0 Å². The van der Waals surface area contributed by atoms with Gasteiger partial charge >= 0.3 is 0 Å². The molecule has 1 atom stereocenters. The highest BCUT2D eigenvalue weighted by atomic mass is 35.5. The van der Waals surface area contributed by atoms with Gasteiger partial charge in [-0.25, -0.2) is 8.42 Å². The summed E-state index contributed by atoms with van der Waals surface area (Å²) in [5.74, 6) is -0.823. The number of nitrogens with one attached hydrogen (secondary N) is 1. The highest BCUT2D eigenvalue weighted by Gasteiger charge is 2.33. The molecule has 0 spiro atoms. The van der Waals surface area contributed by atoms with Crippen molar-refractivity contribution in [2.75, 3.05) is 23.7 Å². The number of amides is 2. The average molecular weight is 605 g/mol. The maximum absolute atomic E-state index is 14.1. The van der Waals surface area contributed by atoms with E-state index in [1.807, 2.05) is 37.3 Å². The van der Waals surface area contributed by atoms with Gasteiger partial charge in [-0.2, -0.15) is 0 Å². The predicted octanol–water partition coefficient (Wildman–Crippen LogP) is 5.62. The van der Waals surface area contributed by atoms with Crippen molar-refractivity contribution in [1.82, 2.24) is 10.2 Å². The zero-order valence-electron chi connectivity index (χ0n) is 22.9. The van der Waals surface area contributed by atoms with Crippen LogP contribution in [0.2, 0.25) is 10.0 Å². The van der Waals surface area contributed by atoms with Crippen LogP contribution in [0.4, 0.5) is 5.69 Å². The van der Waals surface area contributed by atoms with Gasteiger partial charge in [0.05, 0.1) is 11.9 Å². The van der Waals surface area contributed by atoms with Gasteiger partial charge in [0.1, 0.15) is 12.6 Å². The van der Waals surface area contributed by atoms with Gasteiger partial charge in [-0.1, -0.05) is 85.1 Å². The molecule has 0 saturated heterocycles. The Hall–Kier alpha value is -3.07. The fourth-order valence-electron chi connectivity index (χ4n) is 4.31. The number of hydrogen-bond acceptors (Lipinski definition) is 4. The van der Waals surface area contributed by atoms with Gasteiger partial charge in [-0.15, -0.1) is 0 Å². The van der Waals surface area contributed by atoms with Crippen molar-refractivity contribution in [2.45, 2.75) is 45.7 Å². The van der Waals surface area contributed by atoms with E-state index < -0.39 is 28.5 Å². The fourth-order valence-corrected chi connectivity index (χ4v) is 5.50. The quantitative estimate of drug-likeness (QED) is 0.257. The van der Waals surface area contributed by atoms with Crippen molar-refractivity contribution >= 4 is 50.7 Å². The maximum atomic E-state index is 14.1. The molecule has 0 aliphatic heterocycles. The first kappa shape index (κ1) is 31.5. The molecule has 2 amide bonds. The minimum absolute atomic E-state index is 0.0842. The molecule has 3 rings (SSSR count). The van der Waals surface area contributed by atoms with Crippen molar-refractivity contribution in [3.63, 3.8) is 0 Å². The first-order valence-electron chi connectivity index (χ1n) is 13.1. The molecule has 0 aromatic heterocycles. The summed E-state index contributed by atoms with van der Waals surface area (Å²) < 4.78 is 26.9. The van der Waals surface area contributed by atoms with Crippen LogP contribution in [0.5, 0.6) is 0 Å². The summed E-state index contributed by atoms with van der Waals surface area (Å²) in [7, 11) is -3.88. The summed E-state index contributed by atoms with van der Waals surface area (Å²) in [6, 6.07) is 20.4. The first-order valence-corrected chi connectivity index (χ1v) is 15.7. The minimum Gasteiger partial charge on any atom is -0.354 e. The zero-order valence-corrected chi connectivity index (χ0v) is 25.3. The number of hydrogen-bond donors (Lipinski definition) is 1. The molecule has 1 unspecified atom stereocenters. The normalized spacial score (nSPS) is 12.0. The molecule has 0 fully saturated rings. The summed E-state index contributed by atoms with van der Waals surface area (Å²) in [6.45, 7) is 3.79. The van der Waals surface area contributed by atoms with Gasteiger partial charge in [0, 0.05) is 29.6 Å². The standard InChI is InChI=1S/C30H35Cl2N3O4S/c1-4-5-18-33-30(37)28(19-23-10-7-6-8-11-23)34(20-24-14-16-25(31)17-15-24)29(36)21-35(40(3,38)39)27-13-9-12-26(32)22(27)2/h6-17,28H,4-5,18-21H2,1-3H3,(H,33,37). The van der Waals surface area contributed by atoms with Crippen LogP contribution < -0.4 is 9.62 Å². The third-order valence-electron chi connectivity index (χ3n) is 6.55. The van der Waals surface area contributed by atoms with Crippen LogP contribution in [-0.2, 0) is 32.6 Å². The molecule has 0 bridgehead atoms. The summed E-state index contributed by atoms with van der Waals surface area (Å²) in [5, 5.41) is 3.89. The highest BCUT2D eigenvalue weighted by Crippen LogP contribution is 2.28. The van der Waals surface area contributed by atoms with E-state index in [-0.39, 0.29) is 18.9 Å². The second kappa shape index (κ2) is 14.5. The summed E-state index contributed by atoms with van der Waals surface area (Å²) in [4.78, 5) is 29.1. The Bertz CT molecular complexity index is 1400. The molecule has 0 heterocycles. The van der Waals surface area contributed by atoms with E-state index in [9.17, 15) is 18.0 Å². The smallest absolute Gasteiger partial charge is 0.244 e. The van der Waals surface area contributed by atoms with Crippen LogP contribution in [-0.4, -0.2) is 50.5 Å². The Morgan fingerprint density at radius 2 is 1.60 bits per heavy atom. The van der Waals surface area contributed by atoms with Crippen molar-refractivity contribution in [3.8, 4) is 0 Å². The van der Waals surface area contributed by atoms with Gasteiger partial charge in [0.15, 0.2) is 0 Å². The van der Waals surface area contributed by atoms with E-state index in [1.165, 1.54) is 4.90 Å². The number of carbonyl (C=O) groups is 2. The Kier molecular flexibility index (Phi) is 11.4. The molecular weight excluding hydrogens is 569 g/mol. The van der Waals surface area contributed by atoms with E-state index in [0.717, 1.165) is 34.5 Å². The van der Waals surface area contributed by atoms with Crippen LogP contribution in [0, 0.1) is 6.92 Å². The number of benzene rings is 3. The molecule has 40 heavy (non-hydrogen) atoms. The Morgan fingerprint density at radius 1 is 0.925 bits per heavy atom. The molecule has 0 aliphatic rings. The Balaban J connectivity index is 2.05. The highest BCUT2D eigenvalue weighted by molar-refractivity contribution is 7.92. The van der Waals surface area contributed by atoms with Crippen LogP contribution in [0.1, 0.15) is 36.5 Å². The molecular formula is C30H35Cl2N3O4S. The van der Waals surface area contributed by atoms with Crippen LogP contribution in [0.3, 0.4) is 0 Å². The van der Waals surface area contributed by atoms with E-state index >= 15 is 0 Å².